The van der Waals surface area contributed by atoms with E-state index in [-0.39, 0.29) is 0 Å². The SMILES string of the molecule is COc1cc2c(cc1OC)C(C)=[N+]([O-])CC2. The highest BCUT2D eigenvalue weighted by atomic mass is 16.5. The highest BCUT2D eigenvalue weighted by molar-refractivity contribution is 5.97. The van der Waals surface area contributed by atoms with Gasteiger partial charge in [-0.05, 0) is 17.7 Å². The summed E-state index contributed by atoms with van der Waals surface area (Å²) < 4.78 is 11.5. The van der Waals surface area contributed by atoms with Gasteiger partial charge >= 0.3 is 0 Å². The molecule has 0 aromatic heterocycles. The van der Waals surface area contributed by atoms with Crippen LogP contribution in [0.1, 0.15) is 18.1 Å². The lowest BCUT2D eigenvalue weighted by Gasteiger charge is -2.19. The van der Waals surface area contributed by atoms with Crippen molar-refractivity contribution < 1.29 is 14.2 Å². The molecule has 4 heteroatoms. The molecule has 4 nitrogen and oxygen atoms in total. The van der Waals surface area contributed by atoms with Crippen LogP contribution < -0.4 is 9.47 Å². The van der Waals surface area contributed by atoms with Crippen molar-refractivity contribution in [3.63, 3.8) is 0 Å². The summed E-state index contributed by atoms with van der Waals surface area (Å²) in [4.78, 5) is 0. The summed E-state index contributed by atoms with van der Waals surface area (Å²) in [6, 6.07) is 3.82. The molecule has 0 saturated heterocycles. The monoisotopic (exact) mass is 221 g/mol. The number of hydroxylamine groups is 1. The van der Waals surface area contributed by atoms with Crippen LogP contribution in [-0.4, -0.2) is 31.2 Å². The Kier molecular flexibility index (Phi) is 2.73. The van der Waals surface area contributed by atoms with Crippen molar-refractivity contribution in [1.82, 2.24) is 0 Å². The third-order valence-electron chi connectivity index (χ3n) is 2.96. The van der Waals surface area contributed by atoms with Gasteiger partial charge in [0.15, 0.2) is 23.8 Å². The third-order valence-corrected chi connectivity index (χ3v) is 2.96. The van der Waals surface area contributed by atoms with Crippen LogP contribution >= 0.6 is 0 Å². The van der Waals surface area contributed by atoms with Crippen molar-refractivity contribution in [2.24, 2.45) is 0 Å². The van der Waals surface area contributed by atoms with Gasteiger partial charge in [-0.25, -0.2) is 4.74 Å². The molecule has 0 radical (unpaired) electrons. The van der Waals surface area contributed by atoms with Gasteiger partial charge in [-0.2, -0.15) is 0 Å². The Balaban J connectivity index is 2.58. The van der Waals surface area contributed by atoms with E-state index in [1.165, 1.54) is 0 Å². The summed E-state index contributed by atoms with van der Waals surface area (Å²) in [5.74, 6) is 1.38. The van der Waals surface area contributed by atoms with Gasteiger partial charge in [0.25, 0.3) is 0 Å². The van der Waals surface area contributed by atoms with Gasteiger partial charge < -0.3 is 14.7 Å². The van der Waals surface area contributed by atoms with Crippen LogP contribution in [0.3, 0.4) is 0 Å². The number of hydrogen-bond donors (Lipinski definition) is 0. The minimum Gasteiger partial charge on any atom is -0.624 e. The summed E-state index contributed by atoms with van der Waals surface area (Å²) in [5.41, 5.74) is 2.84. The summed E-state index contributed by atoms with van der Waals surface area (Å²) >= 11 is 0. The van der Waals surface area contributed by atoms with E-state index in [4.69, 9.17) is 9.47 Å². The predicted molar refractivity (Wildman–Crippen MR) is 61.5 cm³/mol. The Labute approximate surface area is 94.7 Å². The Morgan fingerprint density at radius 2 is 1.81 bits per heavy atom. The molecule has 0 aliphatic carbocycles. The molecule has 1 aliphatic rings. The molecule has 2 rings (SSSR count). The maximum Gasteiger partial charge on any atom is 0.191 e. The van der Waals surface area contributed by atoms with Crippen LogP contribution in [-0.2, 0) is 6.42 Å². The van der Waals surface area contributed by atoms with Crippen LogP contribution in [0, 0.1) is 5.21 Å². The Morgan fingerprint density at radius 1 is 1.19 bits per heavy atom. The first kappa shape index (κ1) is 10.8. The topological polar surface area (TPSA) is 44.5 Å². The number of hydrogen-bond acceptors (Lipinski definition) is 3. The van der Waals surface area contributed by atoms with E-state index in [0.717, 1.165) is 28.0 Å². The first-order valence-electron chi connectivity index (χ1n) is 5.21. The van der Waals surface area contributed by atoms with Gasteiger partial charge in [0, 0.05) is 18.9 Å². The van der Waals surface area contributed by atoms with E-state index in [9.17, 15) is 5.21 Å². The summed E-state index contributed by atoms with van der Waals surface area (Å²) in [6.07, 6.45) is 0.747. The van der Waals surface area contributed by atoms with Crippen molar-refractivity contribution in [3.8, 4) is 11.5 Å². The number of ether oxygens (including phenoxy) is 2. The minimum atomic E-state index is 0.508. The Hall–Kier alpha value is -1.71. The number of methoxy groups -OCH3 is 2. The molecule has 0 spiro atoms. The molecule has 0 atom stereocenters. The first-order chi connectivity index (χ1) is 7.67. The maximum atomic E-state index is 11.5. The average Bonchev–Trinajstić information content (AvgIpc) is 2.32. The molecule has 1 aromatic rings. The van der Waals surface area contributed by atoms with E-state index in [1.807, 2.05) is 19.1 Å². The Morgan fingerprint density at radius 3 is 2.44 bits per heavy atom. The van der Waals surface area contributed by atoms with Crippen LogP contribution in [0.15, 0.2) is 12.1 Å². The van der Waals surface area contributed by atoms with E-state index in [1.54, 1.807) is 14.2 Å². The van der Waals surface area contributed by atoms with Gasteiger partial charge in [-0.3, -0.25) is 0 Å². The molecular formula is C12H15NO3. The molecule has 1 heterocycles. The lowest BCUT2D eigenvalue weighted by Crippen LogP contribution is -2.24. The fourth-order valence-corrected chi connectivity index (χ4v) is 1.99. The zero-order valence-electron chi connectivity index (χ0n) is 9.74. The van der Waals surface area contributed by atoms with E-state index >= 15 is 0 Å². The molecule has 16 heavy (non-hydrogen) atoms. The van der Waals surface area contributed by atoms with Gasteiger partial charge in [-0.15, -0.1) is 0 Å². The molecular weight excluding hydrogens is 206 g/mol. The predicted octanol–water partition coefficient (Wildman–Crippen LogP) is 1.58. The normalized spacial score (nSPS) is 14.7. The van der Waals surface area contributed by atoms with Crippen LogP contribution in [0.5, 0.6) is 11.5 Å². The maximum absolute atomic E-state index is 11.5. The first-order valence-corrected chi connectivity index (χ1v) is 5.21. The van der Waals surface area contributed by atoms with Gasteiger partial charge in [0.2, 0.25) is 0 Å². The average molecular weight is 221 g/mol. The number of rotatable bonds is 2. The number of benzene rings is 1. The van der Waals surface area contributed by atoms with Gasteiger partial charge in [0.1, 0.15) is 0 Å². The standard InChI is InChI=1S/C12H15NO3/c1-8-10-7-12(16-3)11(15-2)6-9(10)4-5-13(8)14/h6-7H,4-5H2,1-3H3. The van der Waals surface area contributed by atoms with Crippen molar-refractivity contribution in [2.45, 2.75) is 13.3 Å². The number of nitrogens with zero attached hydrogens (tertiary/aromatic N) is 1. The fraction of sp³-hybridized carbons (Fsp3) is 0.417. The lowest BCUT2D eigenvalue weighted by atomic mass is 9.97. The second kappa shape index (κ2) is 4.04. The largest absolute Gasteiger partial charge is 0.624 e. The second-order valence-corrected chi connectivity index (χ2v) is 3.80. The minimum absolute atomic E-state index is 0.508. The quantitative estimate of drug-likeness (QED) is 0.562. The molecule has 1 aliphatic heterocycles. The van der Waals surface area contributed by atoms with Gasteiger partial charge in [-0.1, -0.05) is 0 Å². The highest BCUT2D eigenvalue weighted by Gasteiger charge is 2.21. The third kappa shape index (κ3) is 1.60. The number of fused-ring (bicyclic) bond motifs is 1. The highest BCUT2D eigenvalue weighted by Crippen LogP contribution is 2.32. The summed E-state index contributed by atoms with van der Waals surface area (Å²) in [5, 5.41) is 11.5. The molecule has 86 valence electrons. The fourth-order valence-electron chi connectivity index (χ4n) is 1.99. The van der Waals surface area contributed by atoms with E-state index in [2.05, 4.69) is 0 Å². The lowest BCUT2D eigenvalue weighted by molar-refractivity contribution is -0.458. The van der Waals surface area contributed by atoms with Gasteiger partial charge in [0.05, 0.1) is 14.2 Å². The zero-order valence-corrected chi connectivity index (χ0v) is 9.74. The second-order valence-electron chi connectivity index (χ2n) is 3.80. The molecule has 0 amide bonds. The van der Waals surface area contributed by atoms with Crippen molar-refractivity contribution in [2.75, 3.05) is 20.8 Å². The molecule has 0 fully saturated rings. The van der Waals surface area contributed by atoms with Crippen molar-refractivity contribution in [1.29, 1.82) is 0 Å². The summed E-state index contributed by atoms with van der Waals surface area (Å²) in [6.45, 7) is 2.34. The molecule has 0 unspecified atom stereocenters. The summed E-state index contributed by atoms with van der Waals surface area (Å²) in [7, 11) is 3.21. The van der Waals surface area contributed by atoms with Crippen LogP contribution in [0.2, 0.25) is 0 Å². The van der Waals surface area contributed by atoms with Crippen LogP contribution in [0.4, 0.5) is 0 Å². The molecule has 0 bridgehead atoms. The smallest absolute Gasteiger partial charge is 0.191 e. The molecule has 0 saturated carbocycles. The molecule has 1 aromatic carbocycles. The molecule has 0 N–H and O–H groups in total. The zero-order chi connectivity index (χ0) is 11.7. The Bertz CT molecular complexity index is 452. The van der Waals surface area contributed by atoms with E-state index < -0.39 is 0 Å². The van der Waals surface area contributed by atoms with Crippen LogP contribution in [0.25, 0.3) is 0 Å². The van der Waals surface area contributed by atoms with Crippen molar-refractivity contribution in [3.05, 3.63) is 28.5 Å². The van der Waals surface area contributed by atoms with Crippen molar-refractivity contribution >= 4 is 5.71 Å². The van der Waals surface area contributed by atoms with E-state index in [0.29, 0.717) is 18.0 Å².